The molecule has 0 saturated heterocycles. The molecule has 1 atom stereocenters. The van der Waals surface area contributed by atoms with Gasteiger partial charge in [0.15, 0.2) is 12.0 Å². The van der Waals surface area contributed by atoms with Crippen LogP contribution in [-0.2, 0) is 6.42 Å². The zero-order chi connectivity index (χ0) is 15.7. The van der Waals surface area contributed by atoms with Gasteiger partial charge in [-0.25, -0.2) is 0 Å². The van der Waals surface area contributed by atoms with Crippen LogP contribution in [0.3, 0.4) is 0 Å². The first-order valence-electron chi connectivity index (χ1n) is 7.06. The minimum Gasteiger partial charge on any atom is -0.618 e. The van der Waals surface area contributed by atoms with E-state index in [1.54, 1.807) is 18.2 Å². The predicted molar refractivity (Wildman–Crippen MR) is 79.4 cm³/mol. The van der Waals surface area contributed by atoms with E-state index in [1.807, 2.05) is 6.92 Å². The number of carbonyl (C=O) groups excluding carboxylic acids is 2. The van der Waals surface area contributed by atoms with E-state index in [0.717, 1.165) is 12.1 Å². The van der Waals surface area contributed by atoms with Gasteiger partial charge in [-0.15, -0.1) is 0 Å². The molecule has 1 aliphatic carbocycles. The van der Waals surface area contributed by atoms with Crippen molar-refractivity contribution in [2.24, 2.45) is 5.92 Å². The van der Waals surface area contributed by atoms with Gasteiger partial charge in [0.05, 0.1) is 17.6 Å². The van der Waals surface area contributed by atoms with Crippen LogP contribution in [0.5, 0.6) is 0 Å². The van der Waals surface area contributed by atoms with Gasteiger partial charge in [0.1, 0.15) is 0 Å². The second-order valence-electron chi connectivity index (χ2n) is 5.52. The molecule has 1 unspecified atom stereocenters. The molecule has 0 saturated carbocycles. The van der Waals surface area contributed by atoms with Gasteiger partial charge in [0, 0.05) is 24.1 Å². The SMILES string of the molecule is CC1CC(=O)c2cc(NC(=O)c3cccc[n+]3[O-])cnc2C1. The highest BCUT2D eigenvalue weighted by atomic mass is 16.5. The van der Waals surface area contributed by atoms with E-state index < -0.39 is 5.91 Å². The zero-order valence-electron chi connectivity index (χ0n) is 12.1. The normalized spacial score (nSPS) is 17.0. The largest absolute Gasteiger partial charge is 0.618 e. The highest BCUT2D eigenvalue weighted by Gasteiger charge is 2.24. The van der Waals surface area contributed by atoms with Crippen LogP contribution in [0, 0.1) is 11.1 Å². The molecule has 112 valence electrons. The number of fused-ring (bicyclic) bond motifs is 1. The maximum Gasteiger partial charge on any atom is 0.321 e. The first kappa shape index (κ1) is 14.2. The number of aromatic nitrogens is 2. The van der Waals surface area contributed by atoms with Gasteiger partial charge < -0.3 is 10.5 Å². The van der Waals surface area contributed by atoms with Crippen molar-refractivity contribution in [3.63, 3.8) is 0 Å². The molecule has 2 aromatic heterocycles. The Bertz CT molecular complexity index is 758. The van der Waals surface area contributed by atoms with Gasteiger partial charge in [-0.1, -0.05) is 6.92 Å². The van der Waals surface area contributed by atoms with Gasteiger partial charge in [0.25, 0.3) is 5.69 Å². The Morgan fingerprint density at radius 1 is 1.41 bits per heavy atom. The van der Waals surface area contributed by atoms with Crippen molar-refractivity contribution in [2.45, 2.75) is 19.8 Å². The van der Waals surface area contributed by atoms with E-state index in [9.17, 15) is 14.8 Å². The summed E-state index contributed by atoms with van der Waals surface area (Å²) in [5.41, 5.74) is 1.72. The number of nitrogens with one attached hydrogen (secondary N) is 1. The third-order valence-electron chi connectivity index (χ3n) is 3.66. The second-order valence-corrected chi connectivity index (χ2v) is 5.52. The third-order valence-corrected chi connectivity index (χ3v) is 3.66. The quantitative estimate of drug-likeness (QED) is 0.675. The molecule has 0 spiro atoms. The summed E-state index contributed by atoms with van der Waals surface area (Å²) in [6.07, 6.45) is 4.02. The first-order chi connectivity index (χ1) is 10.5. The molecule has 2 aromatic rings. The zero-order valence-corrected chi connectivity index (χ0v) is 12.1. The maximum atomic E-state index is 12.1. The average Bonchev–Trinajstić information content (AvgIpc) is 2.48. The smallest absolute Gasteiger partial charge is 0.321 e. The molecule has 6 heteroatoms. The van der Waals surface area contributed by atoms with Crippen molar-refractivity contribution in [3.05, 3.63) is 58.8 Å². The van der Waals surface area contributed by atoms with Gasteiger partial charge in [0.2, 0.25) is 0 Å². The highest BCUT2D eigenvalue weighted by Crippen LogP contribution is 2.25. The van der Waals surface area contributed by atoms with Crippen LogP contribution in [0.15, 0.2) is 36.7 Å². The third kappa shape index (κ3) is 2.67. The van der Waals surface area contributed by atoms with Crippen LogP contribution < -0.4 is 10.0 Å². The Morgan fingerprint density at radius 3 is 3.00 bits per heavy atom. The number of amides is 1. The minimum atomic E-state index is -0.533. The highest BCUT2D eigenvalue weighted by molar-refractivity contribution is 6.03. The molecule has 6 nitrogen and oxygen atoms in total. The molecule has 1 aliphatic rings. The molecular formula is C16H15N3O3. The monoisotopic (exact) mass is 297 g/mol. The molecule has 0 radical (unpaired) electrons. The van der Waals surface area contributed by atoms with Crippen molar-refractivity contribution in [1.29, 1.82) is 0 Å². The maximum absolute atomic E-state index is 12.1. The summed E-state index contributed by atoms with van der Waals surface area (Å²) >= 11 is 0. The number of ketones is 1. The van der Waals surface area contributed by atoms with Gasteiger partial charge in [-0.3, -0.25) is 14.6 Å². The van der Waals surface area contributed by atoms with Crippen LogP contribution >= 0.6 is 0 Å². The van der Waals surface area contributed by atoms with Crippen molar-refractivity contribution in [3.8, 4) is 0 Å². The molecule has 1 N–H and O–H groups in total. The molecule has 0 bridgehead atoms. The van der Waals surface area contributed by atoms with E-state index in [-0.39, 0.29) is 17.4 Å². The van der Waals surface area contributed by atoms with Gasteiger partial charge in [-0.05, 0) is 24.5 Å². The number of hydrogen-bond donors (Lipinski definition) is 1. The van der Waals surface area contributed by atoms with Crippen LogP contribution in [0.2, 0.25) is 0 Å². The first-order valence-corrected chi connectivity index (χ1v) is 7.06. The van der Waals surface area contributed by atoms with E-state index in [1.165, 1.54) is 18.5 Å². The summed E-state index contributed by atoms with van der Waals surface area (Å²) in [5.74, 6) is -0.207. The fraction of sp³-hybridized carbons (Fsp3) is 0.250. The van der Waals surface area contributed by atoms with Gasteiger partial charge >= 0.3 is 5.91 Å². The molecule has 3 rings (SSSR count). The summed E-state index contributed by atoms with van der Waals surface area (Å²) in [5, 5.41) is 14.2. The Morgan fingerprint density at radius 2 is 2.23 bits per heavy atom. The van der Waals surface area contributed by atoms with Crippen molar-refractivity contribution in [2.75, 3.05) is 5.32 Å². The lowest BCUT2D eigenvalue weighted by molar-refractivity contribution is -0.607. The van der Waals surface area contributed by atoms with Crippen molar-refractivity contribution < 1.29 is 14.3 Å². The van der Waals surface area contributed by atoms with Gasteiger partial charge in [-0.2, -0.15) is 4.73 Å². The molecule has 0 aliphatic heterocycles. The number of carbonyl (C=O) groups is 2. The van der Waals surface area contributed by atoms with E-state index >= 15 is 0 Å². The molecule has 22 heavy (non-hydrogen) atoms. The summed E-state index contributed by atoms with van der Waals surface area (Å²) < 4.78 is 0.494. The van der Waals surface area contributed by atoms with E-state index in [0.29, 0.717) is 22.4 Å². The number of hydrogen-bond acceptors (Lipinski definition) is 4. The molecular weight excluding hydrogens is 282 g/mol. The Labute approximate surface area is 127 Å². The Kier molecular flexibility index (Phi) is 3.58. The number of Topliss-reactive ketones (excluding diaryl/α,β-unsaturated/α-hetero) is 1. The number of pyridine rings is 2. The molecule has 0 aromatic carbocycles. The topological polar surface area (TPSA) is 86.0 Å². The second kappa shape index (κ2) is 5.55. The van der Waals surface area contributed by atoms with Crippen LogP contribution in [0.1, 0.15) is 39.9 Å². The summed E-state index contributed by atoms with van der Waals surface area (Å²) in [6.45, 7) is 2.01. The minimum absolute atomic E-state index is 0.0137. The molecule has 2 heterocycles. The molecule has 1 amide bonds. The van der Waals surface area contributed by atoms with Crippen LogP contribution in [-0.4, -0.2) is 16.7 Å². The van der Waals surface area contributed by atoms with Crippen molar-refractivity contribution in [1.82, 2.24) is 4.98 Å². The predicted octanol–water partition coefficient (Wildman–Crippen LogP) is 1.73. The number of rotatable bonds is 2. The van der Waals surface area contributed by atoms with E-state index in [2.05, 4.69) is 10.3 Å². The molecule has 0 fully saturated rings. The number of anilines is 1. The number of nitrogens with zero attached hydrogens (tertiary/aromatic N) is 2. The summed E-state index contributed by atoms with van der Waals surface area (Å²) in [4.78, 5) is 28.4. The lowest BCUT2D eigenvalue weighted by atomic mass is 9.87. The Hall–Kier alpha value is -2.76. The van der Waals surface area contributed by atoms with Crippen molar-refractivity contribution >= 4 is 17.4 Å². The lowest BCUT2D eigenvalue weighted by Crippen LogP contribution is -2.36. The van der Waals surface area contributed by atoms with Crippen LogP contribution in [0.4, 0.5) is 5.69 Å². The summed E-state index contributed by atoms with van der Waals surface area (Å²) in [7, 11) is 0. The van der Waals surface area contributed by atoms with E-state index in [4.69, 9.17) is 0 Å². The standard InChI is InChI=1S/C16H15N3O3/c1-10-6-13-12(15(20)7-10)8-11(9-17-13)18-16(21)14-4-2-3-5-19(14)22/h2-5,8-10H,6-7H2,1H3,(H,18,21). The Balaban J connectivity index is 1.85. The van der Waals surface area contributed by atoms with Crippen LogP contribution in [0.25, 0.3) is 0 Å². The fourth-order valence-electron chi connectivity index (χ4n) is 2.59. The summed E-state index contributed by atoms with van der Waals surface area (Å²) in [6, 6.07) is 6.22. The lowest BCUT2D eigenvalue weighted by Gasteiger charge is -2.19. The fourth-order valence-corrected chi connectivity index (χ4v) is 2.59. The average molecular weight is 297 g/mol.